The van der Waals surface area contributed by atoms with E-state index in [4.69, 9.17) is 4.74 Å². The number of hydrogen-bond acceptors (Lipinski definition) is 2. The van der Waals surface area contributed by atoms with E-state index >= 15 is 0 Å². The van der Waals surface area contributed by atoms with Crippen molar-refractivity contribution in [1.82, 2.24) is 4.57 Å². The molecule has 0 radical (unpaired) electrons. The van der Waals surface area contributed by atoms with Crippen LogP contribution < -0.4 is 0 Å². The molecule has 0 aliphatic rings. The van der Waals surface area contributed by atoms with E-state index in [-0.39, 0.29) is 18.2 Å². The third-order valence-electron chi connectivity index (χ3n) is 4.71. The summed E-state index contributed by atoms with van der Waals surface area (Å²) in [4.78, 5) is 4.12. The van der Waals surface area contributed by atoms with Crippen LogP contribution in [0.25, 0.3) is 10.9 Å². The van der Waals surface area contributed by atoms with Gasteiger partial charge in [0, 0.05) is 42.5 Å². The summed E-state index contributed by atoms with van der Waals surface area (Å²) < 4.78 is 85.2. The van der Waals surface area contributed by atoms with Gasteiger partial charge in [0.1, 0.15) is 0 Å². The molecule has 3 nitrogen and oxygen atoms in total. The molecule has 0 amide bonds. The van der Waals surface area contributed by atoms with Crippen LogP contribution in [0.2, 0.25) is 0 Å². The number of para-hydroxylation sites is 1. The van der Waals surface area contributed by atoms with Crippen LogP contribution in [0.5, 0.6) is 0 Å². The van der Waals surface area contributed by atoms with Crippen molar-refractivity contribution < 1.29 is 31.1 Å². The number of rotatable bonds is 7. The quantitative estimate of drug-likeness (QED) is 0.227. The maximum absolute atomic E-state index is 13.0. The maximum Gasteiger partial charge on any atom is 0.416 e. The van der Waals surface area contributed by atoms with Crippen molar-refractivity contribution in [2.75, 3.05) is 13.7 Å². The summed E-state index contributed by atoms with van der Waals surface area (Å²) in [6.45, 7) is 4.49. The third kappa shape index (κ3) is 5.59. The van der Waals surface area contributed by atoms with Crippen molar-refractivity contribution in [2.24, 2.45) is 4.99 Å². The zero-order chi connectivity index (χ0) is 23.5. The molecule has 3 rings (SSSR count). The van der Waals surface area contributed by atoms with Gasteiger partial charge >= 0.3 is 12.4 Å². The highest BCUT2D eigenvalue weighted by molar-refractivity contribution is 5.99. The highest BCUT2D eigenvalue weighted by atomic mass is 19.4. The number of methoxy groups -OCH3 is 1. The topological polar surface area (TPSA) is 26.5 Å². The SMILES string of the molecule is C=C(COC)Cn1cc(C=NCc2cc(C(F)(F)F)cc(C(F)(F)F)c2)c2ccccc21. The molecule has 32 heavy (non-hydrogen) atoms. The lowest BCUT2D eigenvalue weighted by atomic mass is 10.0. The van der Waals surface area contributed by atoms with Gasteiger partial charge in [-0.05, 0) is 35.4 Å². The lowest BCUT2D eigenvalue weighted by molar-refractivity contribution is -0.143. The molecule has 0 unspecified atom stereocenters. The minimum absolute atomic E-state index is 0.105. The number of alkyl halides is 6. The smallest absolute Gasteiger partial charge is 0.380 e. The number of hydrogen-bond donors (Lipinski definition) is 0. The fourth-order valence-corrected chi connectivity index (χ4v) is 3.36. The van der Waals surface area contributed by atoms with Gasteiger partial charge in [-0.15, -0.1) is 0 Å². The fourth-order valence-electron chi connectivity index (χ4n) is 3.36. The molecule has 1 heterocycles. The molecule has 2 aromatic carbocycles. The fraction of sp³-hybridized carbons (Fsp3) is 0.261. The Bertz CT molecular complexity index is 1110. The van der Waals surface area contributed by atoms with Gasteiger partial charge in [0.25, 0.3) is 0 Å². The largest absolute Gasteiger partial charge is 0.416 e. The number of nitrogens with zero attached hydrogens (tertiary/aromatic N) is 2. The average Bonchev–Trinajstić information content (AvgIpc) is 3.04. The van der Waals surface area contributed by atoms with Crippen LogP contribution in [-0.2, 0) is 30.2 Å². The molecule has 170 valence electrons. The summed E-state index contributed by atoms with van der Waals surface area (Å²) in [5.74, 6) is 0. The van der Waals surface area contributed by atoms with E-state index < -0.39 is 23.5 Å². The molecule has 0 bridgehead atoms. The van der Waals surface area contributed by atoms with E-state index in [1.54, 1.807) is 7.11 Å². The number of halogens is 6. The highest BCUT2D eigenvalue weighted by Gasteiger charge is 2.36. The van der Waals surface area contributed by atoms with Crippen LogP contribution in [-0.4, -0.2) is 24.5 Å². The molecule has 0 atom stereocenters. The van der Waals surface area contributed by atoms with Crippen LogP contribution in [0.3, 0.4) is 0 Å². The number of aliphatic imine (C=N–C) groups is 1. The van der Waals surface area contributed by atoms with Crippen molar-refractivity contribution in [1.29, 1.82) is 0 Å². The summed E-state index contributed by atoms with van der Waals surface area (Å²) in [6, 6.07) is 8.92. The van der Waals surface area contributed by atoms with Gasteiger partial charge in [-0.25, -0.2) is 0 Å². The van der Waals surface area contributed by atoms with E-state index in [2.05, 4.69) is 11.6 Å². The second-order valence-corrected chi connectivity index (χ2v) is 7.30. The standard InChI is InChI=1S/C23H20F6N2O/c1-15(14-32-2)12-31-13-17(20-5-3-4-6-21(20)31)11-30-10-16-7-18(22(24,25)26)9-19(8-16)23(27,28)29/h3-9,11,13H,1,10,12,14H2,2H3. The van der Waals surface area contributed by atoms with E-state index in [9.17, 15) is 26.3 Å². The van der Waals surface area contributed by atoms with E-state index in [0.29, 0.717) is 30.8 Å². The first-order chi connectivity index (χ1) is 15.0. The van der Waals surface area contributed by atoms with Crippen molar-refractivity contribution in [3.05, 3.63) is 83.1 Å². The zero-order valence-electron chi connectivity index (χ0n) is 17.1. The Morgan fingerprint density at radius 2 is 1.66 bits per heavy atom. The predicted molar refractivity (Wildman–Crippen MR) is 111 cm³/mol. The van der Waals surface area contributed by atoms with Gasteiger partial charge in [0.05, 0.1) is 24.3 Å². The van der Waals surface area contributed by atoms with Crippen molar-refractivity contribution in [3.8, 4) is 0 Å². The van der Waals surface area contributed by atoms with Crippen LogP contribution >= 0.6 is 0 Å². The number of ether oxygens (including phenoxy) is 1. The minimum atomic E-state index is -4.89. The first kappa shape index (κ1) is 23.6. The monoisotopic (exact) mass is 454 g/mol. The molecule has 3 aromatic rings. The highest BCUT2D eigenvalue weighted by Crippen LogP contribution is 2.36. The molecule has 0 aliphatic heterocycles. The molecular formula is C23H20F6N2O. The van der Waals surface area contributed by atoms with Crippen LogP contribution in [0.15, 0.2) is 65.8 Å². The maximum atomic E-state index is 13.0. The van der Waals surface area contributed by atoms with Gasteiger partial charge in [-0.3, -0.25) is 4.99 Å². The lowest BCUT2D eigenvalue weighted by Crippen LogP contribution is -2.11. The molecule has 0 aliphatic carbocycles. The molecule has 1 aromatic heterocycles. The number of aromatic nitrogens is 1. The first-order valence-corrected chi connectivity index (χ1v) is 9.50. The normalized spacial score (nSPS) is 12.7. The van der Waals surface area contributed by atoms with Crippen molar-refractivity contribution in [2.45, 2.75) is 25.4 Å². The lowest BCUT2D eigenvalue weighted by Gasteiger charge is -2.13. The van der Waals surface area contributed by atoms with Gasteiger partial charge in [0.15, 0.2) is 0 Å². The molecule has 0 fully saturated rings. The van der Waals surface area contributed by atoms with Crippen LogP contribution in [0.1, 0.15) is 22.3 Å². The number of fused-ring (bicyclic) bond motifs is 1. The molecule has 0 saturated carbocycles. The van der Waals surface area contributed by atoms with Gasteiger partial charge in [-0.1, -0.05) is 24.8 Å². The van der Waals surface area contributed by atoms with E-state index in [0.717, 1.165) is 16.5 Å². The summed E-state index contributed by atoms with van der Waals surface area (Å²) in [5.41, 5.74) is -0.476. The summed E-state index contributed by atoms with van der Waals surface area (Å²) >= 11 is 0. The minimum Gasteiger partial charge on any atom is -0.380 e. The van der Waals surface area contributed by atoms with Crippen molar-refractivity contribution >= 4 is 17.1 Å². The summed E-state index contributed by atoms with van der Waals surface area (Å²) in [5, 5.41) is 0.849. The second-order valence-electron chi connectivity index (χ2n) is 7.30. The Morgan fingerprint density at radius 3 is 2.25 bits per heavy atom. The Morgan fingerprint density at radius 1 is 1.03 bits per heavy atom. The van der Waals surface area contributed by atoms with Crippen LogP contribution in [0.4, 0.5) is 26.3 Å². The predicted octanol–water partition coefficient (Wildman–Crippen LogP) is 6.50. The molecule has 0 N–H and O–H groups in total. The molecular weight excluding hydrogens is 434 g/mol. The Balaban J connectivity index is 1.90. The van der Waals surface area contributed by atoms with E-state index in [1.807, 2.05) is 35.0 Å². The van der Waals surface area contributed by atoms with Gasteiger partial charge in [-0.2, -0.15) is 26.3 Å². The molecule has 9 heteroatoms. The van der Waals surface area contributed by atoms with Gasteiger partial charge in [0.2, 0.25) is 0 Å². The van der Waals surface area contributed by atoms with Crippen molar-refractivity contribution in [3.63, 3.8) is 0 Å². The second kappa shape index (κ2) is 9.20. The molecule has 0 spiro atoms. The molecule has 0 saturated heterocycles. The Labute approximate surface area is 180 Å². The number of benzene rings is 2. The third-order valence-corrected chi connectivity index (χ3v) is 4.71. The van der Waals surface area contributed by atoms with E-state index in [1.165, 1.54) is 6.21 Å². The summed E-state index contributed by atoms with van der Waals surface area (Å²) in [7, 11) is 1.56. The van der Waals surface area contributed by atoms with Crippen LogP contribution in [0, 0.1) is 0 Å². The average molecular weight is 454 g/mol. The summed E-state index contributed by atoms with van der Waals surface area (Å²) in [6.07, 6.45) is -6.52. The Kier molecular flexibility index (Phi) is 6.78. The zero-order valence-corrected chi connectivity index (χ0v) is 17.1. The van der Waals surface area contributed by atoms with Gasteiger partial charge < -0.3 is 9.30 Å². The Hall–Kier alpha value is -3.07. The first-order valence-electron chi connectivity index (χ1n) is 9.50.